The van der Waals surface area contributed by atoms with Crippen molar-refractivity contribution in [3.63, 3.8) is 0 Å². The summed E-state index contributed by atoms with van der Waals surface area (Å²) >= 11 is 1.54. The van der Waals surface area contributed by atoms with Gasteiger partial charge in [-0.1, -0.05) is 48.2 Å². The minimum atomic E-state index is -0.350. The van der Waals surface area contributed by atoms with Crippen molar-refractivity contribution >= 4 is 11.8 Å². The fraction of sp³-hybridized carbons (Fsp3) is 0.222. The van der Waals surface area contributed by atoms with Crippen LogP contribution in [0.5, 0.6) is 5.75 Å². The zero-order valence-electron chi connectivity index (χ0n) is 13.6. The van der Waals surface area contributed by atoms with E-state index in [9.17, 15) is 4.39 Å². The van der Waals surface area contributed by atoms with Gasteiger partial charge in [-0.15, -0.1) is 10.2 Å². The Bertz CT molecular complexity index is 820. The minimum absolute atomic E-state index is 0.256. The fourth-order valence-electron chi connectivity index (χ4n) is 2.36. The van der Waals surface area contributed by atoms with Crippen LogP contribution < -0.4 is 4.74 Å². The van der Waals surface area contributed by atoms with E-state index in [-0.39, 0.29) is 11.6 Å². The summed E-state index contributed by atoms with van der Waals surface area (Å²) in [7, 11) is 1.46. The van der Waals surface area contributed by atoms with Gasteiger partial charge >= 0.3 is 0 Å². The summed E-state index contributed by atoms with van der Waals surface area (Å²) in [6, 6.07) is 15.2. The summed E-state index contributed by atoms with van der Waals surface area (Å²) in [6.07, 6.45) is 0. The van der Waals surface area contributed by atoms with Crippen LogP contribution in [-0.4, -0.2) is 21.9 Å². The van der Waals surface area contributed by atoms with Crippen LogP contribution >= 0.6 is 11.8 Å². The number of halogens is 1. The van der Waals surface area contributed by atoms with Gasteiger partial charge < -0.3 is 9.30 Å². The minimum Gasteiger partial charge on any atom is -0.494 e. The number of methoxy groups -OCH3 is 1. The Kier molecular flexibility index (Phi) is 5.15. The normalized spacial score (nSPS) is 10.8. The van der Waals surface area contributed by atoms with Gasteiger partial charge in [0.15, 0.2) is 16.7 Å². The maximum Gasteiger partial charge on any atom is 0.191 e. The third-order valence-electron chi connectivity index (χ3n) is 3.67. The fourth-order valence-corrected chi connectivity index (χ4v) is 3.29. The van der Waals surface area contributed by atoms with E-state index in [0.29, 0.717) is 5.75 Å². The molecule has 0 saturated carbocycles. The molecule has 0 aliphatic heterocycles. The van der Waals surface area contributed by atoms with E-state index >= 15 is 0 Å². The van der Waals surface area contributed by atoms with Gasteiger partial charge in [-0.2, -0.15) is 0 Å². The smallest absolute Gasteiger partial charge is 0.191 e. The van der Waals surface area contributed by atoms with Gasteiger partial charge in [0.2, 0.25) is 0 Å². The van der Waals surface area contributed by atoms with E-state index in [1.165, 1.54) is 18.7 Å². The Morgan fingerprint density at radius 1 is 1.08 bits per heavy atom. The first kappa shape index (κ1) is 16.5. The van der Waals surface area contributed by atoms with Crippen LogP contribution in [0.4, 0.5) is 4.39 Å². The molecule has 0 spiro atoms. The predicted octanol–water partition coefficient (Wildman–Crippen LogP) is 4.07. The molecule has 0 radical (unpaired) electrons. The van der Waals surface area contributed by atoms with Crippen LogP contribution in [0, 0.1) is 12.7 Å². The lowest BCUT2D eigenvalue weighted by Crippen LogP contribution is -2.03. The molecule has 0 bridgehead atoms. The molecule has 0 aliphatic carbocycles. The molecule has 0 unspecified atom stereocenters. The predicted molar refractivity (Wildman–Crippen MR) is 92.8 cm³/mol. The molecule has 2 aromatic carbocycles. The zero-order chi connectivity index (χ0) is 16.9. The van der Waals surface area contributed by atoms with E-state index < -0.39 is 0 Å². The SMILES string of the molecule is COc1ccc(CSc2nnc(C)n2Cc2ccccc2)cc1F. The summed E-state index contributed by atoms with van der Waals surface area (Å²) in [5, 5.41) is 9.24. The van der Waals surface area contributed by atoms with Crippen LogP contribution in [0.1, 0.15) is 17.0 Å². The highest BCUT2D eigenvalue weighted by atomic mass is 32.2. The van der Waals surface area contributed by atoms with Crippen LogP contribution in [0.25, 0.3) is 0 Å². The zero-order valence-corrected chi connectivity index (χ0v) is 14.4. The second-order valence-electron chi connectivity index (χ2n) is 5.36. The molecule has 0 saturated heterocycles. The summed E-state index contributed by atoms with van der Waals surface area (Å²) in [4.78, 5) is 0. The van der Waals surface area contributed by atoms with Crippen molar-refractivity contribution in [1.82, 2.24) is 14.8 Å². The molecule has 0 fully saturated rings. The van der Waals surface area contributed by atoms with Crippen molar-refractivity contribution in [3.05, 3.63) is 71.3 Å². The third-order valence-corrected chi connectivity index (χ3v) is 4.71. The molecule has 124 valence electrons. The highest BCUT2D eigenvalue weighted by Gasteiger charge is 2.11. The Morgan fingerprint density at radius 2 is 1.88 bits per heavy atom. The van der Waals surface area contributed by atoms with Crippen LogP contribution in [0.15, 0.2) is 53.7 Å². The standard InChI is InChI=1S/C18H18FN3OS/c1-13-20-21-18(22(13)11-14-6-4-3-5-7-14)24-12-15-8-9-17(23-2)16(19)10-15/h3-10H,11-12H2,1-2H3. The average Bonchev–Trinajstić information content (AvgIpc) is 2.94. The monoisotopic (exact) mass is 343 g/mol. The molecular formula is C18H18FN3OS. The van der Waals surface area contributed by atoms with Gasteiger partial charge in [0.1, 0.15) is 5.82 Å². The lowest BCUT2D eigenvalue weighted by Gasteiger charge is -2.09. The lowest BCUT2D eigenvalue weighted by molar-refractivity contribution is 0.386. The highest BCUT2D eigenvalue weighted by molar-refractivity contribution is 7.98. The molecule has 0 N–H and O–H groups in total. The van der Waals surface area contributed by atoms with Crippen molar-refractivity contribution in [1.29, 1.82) is 0 Å². The molecule has 1 heterocycles. The first-order chi connectivity index (χ1) is 11.7. The maximum atomic E-state index is 13.8. The number of benzene rings is 2. The number of ether oxygens (including phenoxy) is 1. The molecule has 24 heavy (non-hydrogen) atoms. The number of aryl methyl sites for hydroxylation is 1. The molecule has 0 amide bonds. The van der Waals surface area contributed by atoms with Gasteiger partial charge in [0, 0.05) is 5.75 Å². The second kappa shape index (κ2) is 7.49. The van der Waals surface area contributed by atoms with E-state index in [0.717, 1.165) is 23.1 Å². The van der Waals surface area contributed by atoms with Crippen molar-refractivity contribution in [2.75, 3.05) is 7.11 Å². The Morgan fingerprint density at radius 3 is 2.58 bits per heavy atom. The largest absolute Gasteiger partial charge is 0.494 e. The number of aromatic nitrogens is 3. The Balaban J connectivity index is 1.73. The van der Waals surface area contributed by atoms with Crippen molar-refractivity contribution in [3.8, 4) is 5.75 Å². The number of nitrogens with zero attached hydrogens (tertiary/aromatic N) is 3. The third kappa shape index (κ3) is 3.76. The van der Waals surface area contributed by atoms with Crippen LogP contribution in [-0.2, 0) is 12.3 Å². The van der Waals surface area contributed by atoms with Gasteiger partial charge in [0.25, 0.3) is 0 Å². The maximum absolute atomic E-state index is 13.8. The van der Waals surface area contributed by atoms with Gasteiger partial charge in [-0.3, -0.25) is 0 Å². The number of hydrogen-bond donors (Lipinski definition) is 0. The van der Waals surface area contributed by atoms with E-state index in [2.05, 4.69) is 26.9 Å². The molecule has 6 heteroatoms. The molecule has 3 aromatic rings. The van der Waals surface area contributed by atoms with Gasteiger partial charge in [-0.05, 0) is 30.2 Å². The van der Waals surface area contributed by atoms with Crippen LogP contribution in [0.3, 0.4) is 0 Å². The summed E-state index contributed by atoms with van der Waals surface area (Å²) in [5.74, 6) is 1.39. The lowest BCUT2D eigenvalue weighted by atomic mass is 10.2. The van der Waals surface area contributed by atoms with E-state index in [1.54, 1.807) is 17.8 Å². The Hall–Kier alpha value is -2.34. The van der Waals surface area contributed by atoms with Crippen LogP contribution in [0.2, 0.25) is 0 Å². The Labute approximate surface area is 144 Å². The van der Waals surface area contributed by atoms with E-state index in [1.807, 2.05) is 31.2 Å². The molecule has 3 rings (SSSR count). The molecule has 0 atom stereocenters. The molecule has 1 aromatic heterocycles. The van der Waals surface area contributed by atoms with Crippen molar-refractivity contribution in [2.45, 2.75) is 24.4 Å². The van der Waals surface area contributed by atoms with E-state index in [4.69, 9.17) is 4.74 Å². The van der Waals surface area contributed by atoms with Gasteiger partial charge in [0.05, 0.1) is 13.7 Å². The van der Waals surface area contributed by atoms with Crippen molar-refractivity contribution in [2.24, 2.45) is 0 Å². The summed E-state index contributed by atoms with van der Waals surface area (Å²) in [5.41, 5.74) is 2.07. The average molecular weight is 343 g/mol. The number of rotatable bonds is 6. The first-order valence-electron chi connectivity index (χ1n) is 7.56. The first-order valence-corrected chi connectivity index (χ1v) is 8.55. The topological polar surface area (TPSA) is 39.9 Å². The summed E-state index contributed by atoms with van der Waals surface area (Å²) in [6.45, 7) is 2.66. The highest BCUT2D eigenvalue weighted by Crippen LogP contribution is 2.25. The molecule has 4 nitrogen and oxygen atoms in total. The number of hydrogen-bond acceptors (Lipinski definition) is 4. The van der Waals surface area contributed by atoms with Crippen molar-refractivity contribution < 1.29 is 9.13 Å². The summed E-state index contributed by atoms with van der Waals surface area (Å²) < 4.78 is 20.8. The quantitative estimate of drug-likeness (QED) is 0.633. The molecular weight excluding hydrogens is 325 g/mol. The number of thioether (sulfide) groups is 1. The van der Waals surface area contributed by atoms with Gasteiger partial charge in [-0.25, -0.2) is 4.39 Å². The second-order valence-corrected chi connectivity index (χ2v) is 6.30. The molecule has 0 aliphatic rings.